The first-order chi connectivity index (χ1) is 8.83. The highest BCUT2D eigenvalue weighted by molar-refractivity contribution is 5.32. The highest BCUT2D eigenvalue weighted by atomic mass is 16.5. The maximum absolute atomic E-state index is 5.69. The molecule has 18 heavy (non-hydrogen) atoms. The van der Waals surface area contributed by atoms with Gasteiger partial charge in [-0.1, -0.05) is 13.0 Å². The molecule has 2 aromatic rings. The van der Waals surface area contributed by atoms with E-state index >= 15 is 0 Å². The Bertz CT molecular complexity index is 494. The first-order valence-corrected chi connectivity index (χ1v) is 6.10. The van der Waals surface area contributed by atoms with E-state index in [0.717, 1.165) is 30.3 Å². The molecule has 1 aromatic heterocycles. The molecule has 0 aliphatic heterocycles. The van der Waals surface area contributed by atoms with E-state index in [0.29, 0.717) is 6.61 Å². The summed E-state index contributed by atoms with van der Waals surface area (Å²) < 4.78 is 13.0. The van der Waals surface area contributed by atoms with E-state index in [2.05, 4.69) is 16.5 Å². The number of methoxy groups -OCH3 is 1. The zero-order valence-electron chi connectivity index (χ0n) is 10.8. The van der Waals surface area contributed by atoms with E-state index < -0.39 is 0 Å². The van der Waals surface area contributed by atoms with Gasteiger partial charge in [-0.05, 0) is 12.1 Å². The first kappa shape index (κ1) is 12.5. The van der Waals surface area contributed by atoms with Crippen molar-refractivity contribution in [2.24, 2.45) is 0 Å². The fourth-order valence-corrected chi connectivity index (χ4v) is 1.81. The second-order valence-corrected chi connectivity index (χ2v) is 3.92. The number of aromatic nitrogens is 2. The quantitative estimate of drug-likeness (QED) is 0.786. The molecule has 0 amide bonds. The number of aryl methyl sites for hydroxylation is 1. The molecule has 2 rings (SSSR count). The highest BCUT2D eigenvalue weighted by Crippen LogP contribution is 2.18. The van der Waals surface area contributed by atoms with Crippen LogP contribution in [-0.4, -0.2) is 23.3 Å². The fourth-order valence-electron chi connectivity index (χ4n) is 1.81. The summed E-state index contributed by atoms with van der Waals surface area (Å²) >= 11 is 0. The van der Waals surface area contributed by atoms with Crippen molar-refractivity contribution in [3.8, 4) is 11.5 Å². The molecule has 0 spiro atoms. The van der Waals surface area contributed by atoms with E-state index in [4.69, 9.17) is 9.47 Å². The number of hydrogen-bond acceptors (Lipinski definition) is 3. The Hall–Kier alpha value is -1.97. The van der Waals surface area contributed by atoms with Crippen molar-refractivity contribution in [2.75, 3.05) is 13.7 Å². The molecule has 0 aliphatic carbocycles. The Morgan fingerprint density at radius 3 is 2.89 bits per heavy atom. The fraction of sp³-hybridized carbons (Fsp3) is 0.357. The van der Waals surface area contributed by atoms with E-state index in [9.17, 15) is 0 Å². The molecule has 0 bridgehead atoms. The summed E-state index contributed by atoms with van der Waals surface area (Å²) in [6, 6.07) is 7.63. The molecule has 0 fully saturated rings. The minimum atomic E-state index is 0.622. The molecule has 1 aromatic carbocycles. The first-order valence-electron chi connectivity index (χ1n) is 6.10. The normalized spacial score (nSPS) is 10.3. The highest BCUT2D eigenvalue weighted by Gasteiger charge is 2.01. The molecule has 96 valence electrons. The third-order valence-corrected chi connectivity index (χ3v) is 2.76. The second kappa shape index (κ2) is 6.10. The van der Waals surface area contributed by atoms with Crippen LogP contribution in [-0.2, 0) is 13.0 Å². The lowest BCUT2D eigenvalue weighted by atomic mass is 10.3. The third-order valence-electron chi connectivity index (χ3n) is 2.76. The zero-order chi connectivity index (χ0) is 12.8. The zero-order valence-corrected chi connectivity index (χ0v) is 10.8. The van der Waals surface area contributed by atoms with Crippen LogP contribution in [0.1, 0.15) is 12.7 Å². The summed E-state index contributed by atoms with van der Waals surface area (Å²) in [7, 11) is 1.65. The van der Waals surface area contributed by atoms with Crippen LogP contribution >= 0.6 is 0 Å². The smallest absolute Gasteiger partial charge is 0.123 e. The average Bonchev–Trinajstić information content (AvgIpc) is 2.86. The van der Waals surface area contributed by atoms with Gasteiger partial charge in [-0.15, -0.1) is 0 Å². The summed E-state index contributed by atoms with van der Waals surface area (Å²) in [6.45, 7) is 3.53. The Morgan fingerprint density at radius 2 is 2.11 bits per heavy atom. The summed E-state index contributed by atoms with van der Waals surface area (Å²) in [5, 5.41) is 0. The maximum Gasteiger partial charge on any atom is 0.123 e. The SMILES string of the molecule is CCc1nccn1CCOc1cccc(OC)c1. The minimum absolute atomic E-state index is 0.622. The Labute approximate surface area is 107 Å². The second-order valence-electron chi connectivity index (χ2n) is 3.92. The van der Waals surface area contributed by atoms with Crippen molar-refractivity contribution >= 4 is 0 Å². The van der Waals surface area contributed by atoms with E-state index in [1.807, 2.05) is 36.7 Å². The van der Waals surface area contributed by atoms with Crippen LogP contribution in [0.4, 0.5) is 0 Å². The van der Waals surface area contributed by atoms with Crippen molar-refractivity contribution in [1.29, 1.82) is 0 Å². The van der Waals surface area contributed by atoms with Gasteiger partial charge in [0.1, 0.15) is 23.9 Å². The number of rotatable bonds is 6. The van der Waals surface area contributed by atoms with Crippen molar-refractivity contribution < 1.29 is 9.47 Å². The molecular formula is C14H18N2O2. The molecule has 0 radical (unpaired) electrons. The van der Waals surface area contributed by atoms with Crippen molar-refractivity contribution in [3.63, 3.8) is 0 Å². The van der Waals surface area contributed by atoms with Crippen molar-refractivity contribution in [3.05, 3.63) is 42.5 Å². The molecule has 1 heterocycles. The Kier molecular flexibility index (Phi) is 4.23. The van der Waals surface area contributed by atoms with Gasteiger partial charge in [0.15, 0.2) is 0 Å². The standard InChI is InChI=1S/C14H18N2O2/c1-3-14-15-7-8-16(14)9-10-18-13-6-4-5-12(11-13)17-2/h4-8,11H,3,9-10H2,1-2H3. The number of benzene rings is 1. The topological polar surface area (TPSA) is 36.3 Å². The largest absolute Gasteiger partial charge is 0.497 e. The Balaban J connectivity index is 1.88. The van der Waals surface area contributed by atoms with E-state index in [-0.39, 0.29) is 0 Å². The molecule has 4 heteroatoms. The van der Waals surface area contributed by atoms with Gasteiger partial charge in [-0.2, -0.15) is 0 Å². The van der Waals surface area contributed by atoms with Gasteiger partial charge in [-0.25, -0.2) is 4.98 Å². The van der Waals surface area contributed by atoms with Gasteiger partial charge in [0.05, 0.1) is 13.7 Å². The van der Waals surface area contributed by atoms with Crippen LogP contribution in [0.15, 0.2) is 36.7 Å². The summed E-state index contributed by atoms with van der Waals surface area (Å²) in [5.74, 6) is 2.72. The average molecular weight is 246 g/mol. The van der Waals surface area contributed by atoms with Gasteiger partial charge < -0.3 is 14.0 Å². The van der Waals surface area contributed by atoms with Crippen molar-refractivity contribution in [2.45, 2.75) is 19.9 Å². The minimum Gasteiger partial charge on any atom is -0.497 e. The van der Waals surface area contributed by atoms with E-state index in [1.54, 1.807) is 7.11 Å². The van der Waals surface area contributed by atoms with Crippen LogP contribution in [0, 0.1) is 0 Å². The number of imidazole rings is 1. The molecule has 0 saturated carbocycles. The van der Waals surface area contributed by atoms with Gasteiger partial charge in [0.25, 0.3) is 0 Å². The lowest BCUT2D eigenvalue weighted by Crippen LogP contribution is -2.10. The lowest BCUT2D eigenvalue weighted by Gasteiger charge is -2.09. The lowest BCUT2D eigenvalue weighted by molar-refractivity contribution is 0.294. The van der Waals surface area contributed by atoms with E-state index in [1.165, 1.54) is 0 Å². The maximum atomic E-state index is 5.69. The summed E-state index contributed by atoms with van der Waals surface area (Å²) in [4.78, 5) is 4.28. The summed E-state index contributed by atoms with van der Waals surface area (Å²) in [6.07, 6.45) is 4.74. The van der Waals surface area contributed by atoms with Gasteiger partial charge in [0.2, 0.25) is 0 Å². The molecular weight excluding hydrogens is 228 g/mol. The number of hydrogen-bond donors (Lipinski definition) is 0. The van der Waals surface area contributed by atoms with Crippen LogP contribution in [0.2, 0.25) is 0 Å². The van der Waals surface area contributed by atoms with Gasteiger partial charge in [-0.3, -0.25) is 0 Å². The molecule has 4 nitrogen and oxygen atoms in total. The van der Waals surface area contributed by atoms with Crippen LogP contribution in [0.5, 0.6) is 11.5 Å². The predicted octanol–water partition coefficient (Wildman–Crippen LogP) is 2.53. The van der Waals surface area contributed by atoms with Gasteiger partial charge >= 0.3 is 0 Å². The predicted molar refractivity (Wildman–Crippen MR) is 70.1 cm³/mol. The summed E-state index contributed by atoms with van der Waals surface area (Å²) in [5.41, 5.74) is 0. The van der Waals surface area contributed by atoms with Crippen LogP contribution in [0.3, 0.4) is 0 Å². The van der Waals surface area contributed by atoms with Crippen LogP contribution < -0.4 is 9.47 Å². The Morgan fingerprint density at radius 1 is 1.28 bits per heavy atom. The molecule has 0 N–H and O–H groups in total. The molecule has 0 unspecified atom stereocenters. The molecule has 0 atom stereocenters. The van der Waals surface area contributed by atoms with Crippen LogP contribution in [0.25, 0.3) is 0 Å². The molecule has 0 saturated heterocycles. The van der Waals surface area contributed by atoms with Gasteiger partial charge in [0, 0.05) is 24.9 Å². The third kappa shape index (κ3) is 3.03. The number of nitrogens with zero attached hydrogens (tertiary/aromatic N) is 2. The monoisotopic (exact) mass is 246 g/mol. The molecule has 0 aliphatic rings. The van der Waals surface area contributed by atoms with Crippen molar-refractivity contribution in [1.82, 2.24) is 9.55 Å². The number of ether oxygens (including phenoxy) is 2.